The molecule has 1 saturated heterocycles. The fourth-order valence-corrected chi connectivity index (χ4v) is 3.45. The van der Waals surface area contributed by atoms with Gasteiger partial charge in [-0.15, -0.1) is 0 Å². The molecule has 0 unspecified atom stereocenters. The number of rotatable bonds is 7. The van der Waals surface area contributed by atoms with Crippen LogP contribution >= 0.6 is 0 Å². The number of anilines is 2. The molecule has 1 N–H and O–H groups in total. The highest BCUT2D eigenvalue weighted by atomic mass is 16.2. The lowest BCUT2D eigenvalue weighted by molar-refractivity contribution is -0.128. The summed E-state index contributed by atoms with van der Waals surface area (Å²) in [7, 11) is 0. The number of benzene rings is 2. The van der Waals surface area contributed by atoms with Crippen LogP contribution in [0.25, 0.3) is 0 Å². The second kappa shape index (κ2) is 8.71. The van der Waals surface area contributed by atoms with E-state index in [0.29, 0.717) is 18.5 Å². The van der Waals surface area contributed by atoms with Crippen LogP contribution in [-0.4, -0.2) is 36.3 Å². The lowest BCUT2D eigenvalue weighted by atomic mass is 10.1. The van der Waals surface area contributed by atoms with E-state index in [2.05, 4.69) is 24.1 Å². The van der Waals surface area contributed by atoms with Crippen LogP contribution in [0.5, 0.6) is 0 Å². The van der Waals surface area contributed by atoms with Gasteiger partial charge < -0.3 is 15.1 Å². The molecule has 3 rings (SSSR count). The fraction of sp³-hybridized carbons (Fsp3) is 0.364. The van der Waals surface area contributed by atoms with Crippen LogP contribution in [0.15, 0.2) is 48.5 Å². The summed E-state index contributed by atoms with van der Waals surface area (Å²) in [6, 6.07) is 15.4. The van der Waals surface area contributed by atoms with Gasteiger partial charge in [-0.1, -0.05) is 12.1 Å². The van der Waals surface area contributed by atoms with Crippen LogP contribution in [0.3, 0.4) is 0 Å². The van der Waals surface area contributed by atoms with Crippen molar-refractivity contribution in [2.75, 3.05) is 29.9 Å². The number of hydrogen-bond donors (Lipinski definition) is 1. The molecule has 0 aliphatic carbocycles. The van der Waals surface area contributed by atoms with Gasteiger partial charge in [0.05, 0.1) is 0 Å². The molecule has 5 heteroatoms. The summed E-state index contributed by atoms with van der Waals surface area (Å²) in [5.41, 5.74) is 3.51. The Labute approximate surface area is 161 Å². The van der Waals surface area contributed by atoms with E-state index >= 15 is 0 Å². The lowest BCUT2D eigenvalue weighted by Gasteiger charge is -2.21. The molecule has 27 heavy (non-hydrogen) atoms. The van der Waals surface area contributed by atoms with Crippen molar-refractivity contribution in [3.63, 3.8) is 0 Å². The van der Waals surface area contributed by atoms with Crippen LogP contribution in [-0.2, 0) is 11.3 Å². The Morgan fingerprint density at radius 1 is 1.11 bits per heavy atom. The summed E-state index contributed by atoms with van der Waals surface area (Å²) in [6.07, 6.45) is 1.55. The van der Waals surface area contributed by atoms with Gasteiger partial charge in [0.1, 0.15) is 0 Å². The van der Waals surface area contributed by atoms with Crippen molar-refractivity contribution in [3.05, 3.63) is 59.7 Å². The summed E-state index contributed by atoms with van der Waals surface area (Å²) >= 11 is 0. The molecule has 1 aliphatic rings. The van der Waals surface area contributed by atoms with Crippen molar-refractivity contribution >= 4 is 23.2 Å². The Balaban J connectivity index is 1.65. The average molecular weight is 365 g/mol. The van der Waals surface area contributed by atoms with Gasteiger partial charge in [-0.3, -0.25) is 9.59 Å². The molecule has 0 saturated carbocycles. The van der Waals surface area contributed by atoms with Crippen molar-refractivity contribution in [3.8, 4) is 0 Å². The number of likely N-dealkylation sites (tertiary alicyclic amines) is 1. The van der Waals surface area contributed by atoms with Crippen molar-refractivity contribution in [1.82, 2.24) is 4.90 Å². The maximum atomic E-state index is 12.6. The Morgan fingerprint density at radius 3 is 2.48 bits per heavy atom. The molecule has 0 bridgehead atoms. The van der Waals surface area contributed by atoms with Crippen LogP contribution in [0, 0.1) is 0 Å². The molecule has 0 aromatic heterocycles. The molecule has 1 aliphatic heterocycles. The van der Waals surface area contributed by atoms with E-state index in [1.54, 1.807) is 6.07 Å². The summed E-state index contributed by atoms with van der Waals surface area (Å²) in [5, 5.41) is 2.95. The number of nitrogens with zero attached hydrogens (tertiary/aromatic N) is 2. The third kappa shape index (κ3) is 4.67. The molecular formula is C22H27N3O2. The first-order valence-corrected chi connectivity index (χ1v) is 9.63. The predicted molar refractivity (Wildman–Crippen MR) is 109 cm³/mol. The second-order valence-corrected chi connectivity index (χ2v) is 6.79. The van der Waals surface area contributed by atoms with E-state index < -0.39 is 0 Å². The molecule has 2 amide bonds. The number of hydrogen-bond acceptors (Lipinski definition) is 3. The van der Waals surface area contributed by atoms with Crippen LogP contribution in [0.4, 0.5) is 11.4 Å². The van der Waals surface area contributed by atoms with Crippen molar-refractivity contribution in [2.45, 2.75) is 33.2 Å². The topological polar surface area (TPSA) is 52.7 Å². The van der Waals surface area contributed by atoms with Gasteiger partial charge in [0.2, 0.25) is 5.91 Å². The Morgan fingerprint density at radius 2 is 1.85 bits per heavy atom. The zero-order chi connectivity index (χ0) is 19.2. The van der Waals surface area contributed by atoms with E-state index in [4.69, 9.17) is 0 Å². The zero-order valence-electron chi connectivity index (χ0n) is 16.1. The van der Waals surface area contributed by atoms with Gasteiger partial charge in [0.25, 0.3) is 5.91 Å². The molecular weight excluding hydrogens is 338 g/mol. The first kappa shape index (κ1) is 19.0. The molecule has 0 atom stereocenters. The largest absolute Gasteiger partial charge is 0.372 e. The Kier molecular flexibility index (Phi) is 6.12. The number of nitrogens with one attached hydrogen (secondary N) is 1. The van der Waals surface area contributed by atoms with Crippen LogP contribution in [0.2, 0.25) is 0 Å². The maximum Gasteiger partial charge on any atom is 0.255 e. The Hall–Kier alpha value is -2.82. The van der Waals surface area contributed by atoms with Crippen molar-refractivity contribution < 1.29 is 9.59 Å². The number of carbonyl (C=O) groups excluding carboxylic acids is 2. The standard InChI is InChI=1S/C22H27N3O2/c1-3-24(4-2)20-12-10-19(11-13-20)23-22(27)18-8-5-7-17(15-18)16-25-14-6-9-21(25)26/h5,7-8,10-13,15H,3-4,6,9,14,16H2,1-2H3,(H,23,27). The quantitative estimate of drug-likeness (QED) is 0.809. The van der Waals surface area contributed by atoms with Gasteiger partial charge in [0.15, 0.2) is 0 Å². The summed E-state index contributed by atoms with van der Waals surface area (Å²) in [5.74, 6) is 0.0540. The molecule has 2 aromatic carbocycles. The highest BCUT2D eigenvalue weighted by molar-refractivity contribution is 6.04. The van der Waals surface area contributed by atoms with Crippen molar-refractivity contribution in [1.29, 1.82) is 0 Å². The van der Waals surface area contributed by atoms with Gasteiger partial charge in [-0.25, -0.2) is 0 Å². The summed E-state index contributed by atoms with van der Waals surface area (Å²) < 4.78 is 0. The summed E-state index contributed by atoms with van der Waals surface area (Å²) in [6.45, 7) is 7.53. The van der Waals surface area contributed by atoms with E-state index in [9.17, 15) is 9.59 Å². The number of carbonyl (C=O) groups is 2. The minimum Gasteiger partial charge on any atom is -0.372 e. The summed E-state index contributed by atoms with van der Waals surface area (Å²) in [4.78, 5) is 28.5. The highest BCUT2D eigenvalue weighted by Gasteiger charge is 2.20. The molecule has 1 heterocycles. The number of amides is 2. The van der Waals surface area contributed by atoms with Crippen LogP contribution in [0.1, 0.15) is 42.6 Å². The predicted octanol–water partition coefficient (Wildman–Crippen LogP) is 3.91. The minimum atomic E-state index is -0.139. The first-order valence-electron chi connectivity index (χ1n) is 9.63. The highest BCUT2D eigenvalue weighted by Crippen LogP contribution is 2.19. The Bertz CT molecular complexity index is 797. The van der Waals surface area contributed by atoms with Gasteiger partial charge >= 0.3 is 0 Å². The van der Waals surface area contributed by atoms with E-state index in [1.165, 1.54) is 0 Å². The normalized spacial score (nSPS) is 13.7. The second-order valence-electron chi connectivity index (χ2n) is 6.79. The minimum absolute atomic E-state index is 0.139. The zero-order valence-corrected chi connectivity index (χ0v) is 16.1. The molecule has 0 spiro atoms. The molecule has 142 valence electrons. The third-order valence-electron chi connectivity index (χ3n) is 4.99. The average Bonchev–Trinajstić information content (AvgIpc) is 3.09. The van der Waals surface area contributed by atoms with Gasteiger partial charge in [0, 0.05) is 49.5 Å². The van der Waals surface area contributed by atoms with Crippen molar-refractivity contribution in [2.24, 2.45) is 0 Å². The van der Waals surface area contributed by atoms with Gasteiger partial charge in [-0.2, -0.15) is 0 Å². The molecule has 1 fully saturated rings. The van der Waals surface area contributed by atoms with Crippen LogP contribution < -0.4 is 10.2 Å². The molecule has 5 nitrogen and oxygen atoms in total. The SMILES string of the molecule is CCN(CC)c1ccc(NC(=O)c2cccc(CN3CCCC3=O)c2)cc1. The third-order valence-corrected chi connectivity index (χ3v) is 4.99. The molecule has 0 radical (unpaired) electrons. The van der Waals surface area contributed by atoms with E-state index in [0.717, 1.165) is 43.0 Å². The van der Waals surface area contributed by atoms with E-state index in [1.807, 2.05) is 47.4 Å². The lowest BCUT2D eigenvalue weighted by Crippen LogP contribution is -2.24. The monoisotopic (exact) mass is 365 g/mol. The molecule has 2 aromatic rings. The fourth-order valence-electron chi connectivity index (χ4n) is 3.45. The van der Waals surface area contributed by atoms with Gasteiger partial charge in [-0.05, 0) is 62.2 Å². The van der Waals surface area contributed by atoms with E-state index in [-0.39, 0.29) is 11.8 Å². The maximum absolute atomic E-state index is 12.6. The smallest absolute Gasteiger partial charge is 0.255 e. The first-order chi connectivity index (χ1) is 13.1.